The van der Waals surface area contributed by atoms with Gasteiger partial charge in [0.15, 0.2) is 0 Å². The van der Waals surface area contributed by atoms with Crippen molar-refractivity contribution in [3.8, 4) is 0 Å². The highest BCUT2D eigenvalue weighted by molar-refractivity contribution is 4.72. The molecule has 0 amide bonds. The van der Waals surface area contributed by atoms with Crippen LogP contribution in [0.1, 0.15) is 44.9 Å². The summed E-state index contributed by atoms with van der Waals surface area (Å²) in [5, 5.41) is 2.25. The van der Waals surface area contributed by atoms with Crippen LogP contribution in [-0.4, -0.2) is 24.3 Å². The van der Waals surface area contributed by atoms with Crippen LogP contribution in [-0.2, 0) is 4.84 Å². The number of hydrogen-bond donors (Lipinski definition) is 0. The molecule has 0 spiro atoms. The molecule has 1 heterocycles. The fraction of sp³-hybridized carbons (Fsp3) is 1.00. The lowest BCUT2D eigenvalue weighted by molar-refractivity contribution is -0.211. The lowest BCUT2D eigenvalue weighted by atomic mass is 9.95. The Labute approximate surface area is 74.8 Å². The Morgan fingerprint density at radius 1 is 0.917 bits per heavy atom. The van der Waals surface area contributed by atoms with E-state index in [1.54, 1.807) is 0 Å². The first kappa shape index (κ1) is 8.52. The van der Waals surface area contributed by atoms with Gasteiger partial charge in [-0.05, 0) is 25.7 Å². The van der Waals surface area contributed by atoms with E-state index in [4.69, 9.17) is 4.84 Å². The molecule has 0 N–H and O–H groups in total. The van der Waals surface area contributed by atoms with Gasteiger partial charge >= 0.3 is 0 Å². The summed E-state index contributed by atoms with van der Waals surface area (Å²) < 4.78 is 0. The van der Waals surface area contributed by atoms with Gasteiger partial charge in [0.25, 0.3) is 0 Å². The molecule has 1 saturated heterocycles. The van der Waals surface area contributed by atoms with Crippen LogP contribution in [0.2, 0.25) is 0 Å². The van der Waals surface area contributed by atoms with E-state index in [2.05, 4.69) is 5.06 Å². The minimum atomic E-state index is 0.749. The molecule has 1 saturated carbocycles. The molecule has 1 aliphatic carbocycles. The summed E-state index contributed by atoms with van der Waals surface area (Å²) in [5.41, 5.74) is 0. The quantitative estimate of drug-likeness (QED) is 0.597. The molecule has 0 aromatic carbocycles. The zero-order valence-corrected chi connectivity index (χ0v) is 7.80. The molecular weight excluding hydrogens is 150 g/mol. The summed E-state index contributed by atoms with van der Waals surface area (Å²) in [4.78, 5) is 5.65. The molecule has 0 radical (unpaired) electrons. The maximum Gasteiger partial charge on any atom is 0.0685 e. The standard InChI is InChI=1S/C10H19NO/c1-2-6-10(7-3-1)11-8-4-5-9-12-11/h10H,1-9H2. The van der Waals surface area contributed by atoms with Gasteiger partial charge in [0, 0.05) is 12.6 Å². The van der Waals surface area contributed by atoms with Crippen LogP contribution in [0.25, 0.3) is 0 Å². The second-order valence-electron chi connectivity index (χ2n) is 3.97. The highest BCUT2D eigenvalue weighted by atomic mass is 16.7. The van der Waals surface area contributed by atoms with Crippen LogP contribution in [0, 0.1) is 0 Å². The molecule has 70 valence electrons. The van der Waals surface area contributed by atoms with Crippen LogP contribution < -0.4 is 0 Å². The van der Waals surface area contributed by atoms with Crippen molar-refractivity contribution in [2.45, 2.75) is 51.0 Å². The molecule has 0 aromatic rings. The first-order valence-electron chi connectivity index (χ1n) is 5.36. The van der Waals surface area contributed by atoms with Crippen LogP contribution in [0.3, 0.4) is 0 Å². The molecule has 1 aliphatic heterocycles. The van der Waals surface area contributed by atoms with E-state index in [9.17, 15) is 0 Å². The van der Waals surface area contributed by atoms with E-state index in [0.29, 0.717) is 0 Å². The first-order chi connectivity index (χ1) is 5.97. The van der Waals surface area contributed by atoms with Gasteiger partial charge in [-0.1, -0.05) is 19.3 Å². The average molecular weight is 169 g/mol. The smallest absolute Gasteiger partial charge is 0.0685 e. The van der Waals surface area contributed by atoms with Gasteiger partial charge in [-0.15, -0.1) is 0 Å². The molecule has 2 rings (SSSR count). The summed E-state index contributed by atoms with van der Waals surface area (Å²) in [6.45, 7) is 2.13. The Morgan fingerprint density at radius 2 is 1.75 bits per heavy atom. The van der Waals surface area contributed by atoms with Gasteiger partial charge in [0.05, 0.1) is 6.61 Å². The summed E-state index contributed by atoms with van der Waals surface area (Å²) in [7, 11) is 0. The number of rotatable bonds is 1. The Kier molecular flexibility index (Phi) is 3.01. The van der Waals surface area contributed by atoms with E-state index in [1.165, 1.54) is 51.5 Å². The SMILES string of the molecule is C1CCC(N2CCCCO2)CC1. The second-order valence-corrected chi connectivity index (χ2v) is 3.97. The van der Waals surface area contributed by atoms with Crippen molar-refractivity contribution >= 4 is 0 Å². The van der Waals surface area contributed by atoms with Gasteiger partial charge in [-0.3, -0.25) is 4.84 Å². The van der Waals surface area contributed by atoms with Gasteiger partial charge in [-0.25, -0.2) is 0 Å². The Morgan fingerprint density at radius 3 is 2.42 bits per heavy atom. The fourth-order valence-corrected chi connectivity index (χ4v) is 2.27. The zero-order chi connectivity index (χ0) is 8.23. The lowest BCUT2D eigenvalue weighted by Crippen LogP contribution is -2.40. The molecule has 2 fully saturated rings. The van der Waals surface area contributed by atoms with Crippen molar-refractivity contribution in [3.63, 3.8) is 0 Å². The van der Waals surface area contributed by atoms with Crippen molar-refractivity contribution in [1.29, 1.82) is 0 Å². The third-order valence-corrected chi connectivity index (χ3v) is 3.01. The minimum absolute atomic E-state index is 0.749. The fourth-order valence-electron chi connectivity index (χ4n) is 2.27. The highest BCUT2D eigenvalue weighted by Gasteiger charge is 2.23. The van der Waals surface area contributed by atoms with Crippen molar-refractivity contribution in [3.05, 3.63) is 0 Å². The van der Waals surface area contributed by atoms with E-state index in [-0.39, 0.29) is 0 Å². The molecule has 0 aromatic heterocycles. The Hall–Kier alpha value is -0.0800. The molecule has 2 heteroatoms. The van der Waals surface area contributed by atoms with Gasteiger partial charge in [0.1, 0.15) is 0 Å². The summed E-state index contributed by atoms with van der Waals surface area (Å²) in [6, 6.07) is 0.749. The summed E-state index contributed by atoms with van der Waals surface area (Å²) in [5.74, 6) is 0. The van der Waals surface area contributed by atoms with Crippen molar-refractivity contribution in [2.75, 3.05) is 13.2 Å². The molecule has 0 unspecified atom stereocenters. The summed E-state index contributed by atoms with van der Waals surface area (Å²) in [6.07, 6.45) is 9.55. The topological polar surface area (TPSA) is 12.5 Å². The van der Waals surface area contributed by atoms with Gasteiger partial charge < -0.3 is 0 Å². The van der Waals surface area contributed by atoms with E-state index >= 15 is 0 Å². The Bertz CT molecular complexity index is 110. The van der Waals surface area contributed by atoms with Gasteiger partial charge in [-0.2, -0.15) is 5.06 Å². The molecule has 12 heavy (non-hydrogen) atoms. The number of nitrogens with zero attached hydrogens (tertiary/aromatic N) is 1. The monoisotopic (exact) mass is 169 g/mol. The Balaban J connectivity index is 1.80. The lowest BCUT2D eigenvalue weighted by Gasteiger charge is -2.35. The molecule has 2 nitrogen and oxygen atoms in total. The first-order valence-corrected chi connectivity index (χ1v) is 5.36. The molecule has 0 atom stereocenters. The zero-order valence-electron chi connectivity index (χ0n) is 7.80. The predicted octanol–water partition coefficient (Wildman–Crippen LogP) is 2.35. The van der Waals surface area contributed by atoms with Crippen LogP contribution in [0.15, 0.2) is 0 Å². The number of hydrogen-bond acceptors (Lipinski definition) is 2. The average Bonchev–Trinajstić information content (AvgIpc) is 2.21. The van der Waals surface area contributed by atoms with Crippen molar-refractivity contribution in [1.82, 2.24) is 5.06 Å². The predicted molar refractivity (Wildman–Crippen MR) is 48.8 cm³/mol. The second kappa shape index (κ2) is 4.24. The minimum Gasteiger partial charge on any atom is -0.299 e. The van der Waals surface area contributed by atoms with Crippen LogP contribution in [0.4, 0.5) is 0 Å². The largest absolute Gasteiger partial charge is 0.299 e. The van der Waals surface area contributed by atoms with E-state index < -0.39 is 0 Å². The number of hydroxylamine groups is 2. The van der Waals surface area contributed by atoms with E-state index in [1.807, 2.05) is 0 Å². The molecule has 2 aliphatic rings. The summed E-state index contributed by atoms with van der Waals surface area (Å²) >= 11 is 0. The van der Waals surface area contributed by atoms with Crippen molar-refractivity contribution in [2.24, 2.45) is 0 Å². The maximum atomic E-state index is 5.65. The van der Waals surface area contributed by atoms with Gasteiger partial charge in [0.2, 0.25) is 0 Å². The molecular formula is C10H19NO. The maximum absolute atomic E-state index is 5.65. The molecule has 0 bridgehead atoms. The normalized spacial score (nSPS) is 29.0. The highest BCUT2D eigenvalue weighted by Crippen LogP contribution is 2.24. The van der Waals surface area contributed by atoms with Crippen molar-refractivity contribution < 1.29 is 4.84 Å². The van der Waals surface area contributed by atoms with Crippen LogP contribution in [0.5, 0.6) is 0 Å². The van der Waals surface area contributed by atoms with Crippen LogP contribution >= 0.6 is 0 Å². The third kappa shape index (κ3) is 1.99. The van der Waals surface area contributed by atoms with E-state index in [0.717, 1.165) is 12.6 Å². The third-order valence-electron chi connectivity index (χ3n) is 3.01.